The van der Waals surface area contributed by atoms with E-state index in [1.165, 1.54) is 5.57 Å². The van der Waals surface area contributed by atoms with Crippen LogP contribution >= 0.6 is 0 Å². The van der Waals surface area contributed by atoms with E-state index >= 15 is 0 Å². The smallest absolute Gasteiger partial charge is 0.161 e. The Hall–Kier alpha value is -0.850. The first-order valence-corrected chi connectivity index (χ1v) is 3.89. The molecular weight excluding hydrogens is 136 g/mol. The van der Waals surface area contributed by atoms with Gasteiger partial charge < -0.3 is 0 Å². The van der Waals surface area contributed by atoms with Crippen molar-refractivity contribution in [3.63, 3.8) is 0 Å². The molecule has 1 atom stereocenters. The molecule has 0 heterocycles. The van der Waals surface area contributed by atoms with Crippen LogP contribution in [0.15, 0.2) is 23.8 Å². The number of ketones is 1. The van der Waals surface area contributed by atoms with Crippen molar-refractivity contribution in [2.45, 2.75) is 27.7 Å². The summed E-state index contributed by atoms with van der Waals surface area (Å²) in [6.45, 7) is 7.77. The molecule has 0 aliphatic heterocycles. The molecule has 0 saturated heterocycles. The molecule has 1 unspecified atom stereocenters. The Morgan fingerprint density at radius 1 is 1.36 bits per heavy atom. The van der Waals surface area contributed by atoms with Crippen molar-refractivity contribution >= 4 is 5.78 Å². The van der Waals surface area contributed by atoms with Gasteiger partial charge in [0.15, 0.2) is 5.78 Å². The third-order valence-corrected chi connectivity index (χ3v) is 1.36. The molecule has 0 aromatic heterocycles. The average Bonchev–Trinajstić information content (AvgIpc) is 1.86. The van der Waals surface area contributed by atoms with Gasteiger partial charge in [-0.2, -0.15) is 0 Å². The standard InChI is InChI=1S/C10H16O/c1-5-6-10(11)9(4)7-8(2)3/h5-7,9H,1-4H3/b6-5+. The first kappa shape index (κ1) is 10.2. The largest absolute Gasteiger partial charge is 0.294 e. The molecule has 0 spiro atoms. The van der Waals surface area contributed by atoms with Crippen molar-refractivity contribution in [1.29, 1.82) is 0 Å². The molecule has 0 aliphatic carbocycles. The summed E-state index contributed by atoms with van der Waals surface area (Å²) < 4.78 is 0. The highest BCUT2D eigenvalue weighted by Crippen LogP contribution is 2.04. The molecule has 0 amide bonds. The van der Waals surface area contributed by atoms with Crippen LogP contribution < -0.4 is 0 Å². The van der Waals surface area contributed by atoms with Crippen LogP contribution in [0.5, 0.6) is 0 Å². The summed E-state index contributed by atoms with van der Waals surface area (Å²) in [4.78, 5) is 11.1. The minimum atomic E-state index is 0.0243. The predicted molar refractivity (Wildman–Crippen MR) is 48.4 cm³/mol. The maximum atomic E-state index is 11.1. The SMILES string of the molecule is C/C=C/C(=O)C(C)C=C(C)C. The van der Waals surface area contributed by atoms with Crippen molar-refractivity contribution in [1.82, 2.24) is 0 Å². The van der Waals surface area contributed by atoms with Crippen LogP contribution in [0.3, 0.4) is 0 Å². The van der Waals surface area contributed by atoms with Gasteiger partial charge in [-0.1, -0.05) is 24.6 Å². The quantitative estimate of drug-likeness (QED) is 0.449. The summed E-state index contributed by atoms with van der Waals surface area (Å²) >= 11 is 0. The van der Waals surface area contributed by atoms with E-state index in [-0.39, 0.29) is 11.7 Å². The zero-order chi connectivity index (χ0) is 8.85. The Morgan fingerprint density at radius 2 is 1.91 bits per heavy atom. The van der Waals surface area contributed by atoms with Gasteiger partial charge in [0.2, 0.25) is 0 Å². The molecule has 0 bridgehead atoms. The first-order chi connectivity index (χ1) is 5.07. The van der Waals surface area contributed by atoms with E-state index in [2.05, 4.69) is 0 Å². The molecule has 0 aromatic carbocycles. The van der Waals surface area contributed by atoms with Gasteiger partial charge in [0.05, 0.1) is 0 Å². The highest BCUT2D eigenvalue weighted by atomic mass is 16.1. The van der Waals surface area contributed by atoms with Crippen LogP contribution in [0.2, 0.25) is 0 Å². The predicted octanol–water partition coefficient (Wildman–Crippen LogP) is 2.73. The molecule has 0 saturated carbocycles. The van der Waals surface area contributed by atoms with Gasteiger partial charge in [0.25, 0.3) is 0 Å². The summed E-state index contributed by atoms with van der Waals surface area (Å²) in [6.07, 6.45) is 5.37. The third-order valence-electron chi connectivity index (χ3n) is 1.36. The summed E-state index contributed by atoms with van der Waals surface area (Å²) in [5.74, 6) is 0.199. The van der Waals surface area contributed by atoms with E-state index in [0.717, 1.165) is 0 Å². The number of carbonyl (C=O) groups excluding carboxylic acids is 1. The molecule has 0 radical (unpaired) electrons. The molecular formula is C10H16O. The van der Waals surface area contributed by atoms with Gasteiger partial charge in [-0.15, -0.1) is 0 Å². The zero-order valence-corrected chi connectivity index (χ0v) is 7.72. The van der Waals surface area contributed by atoms with Crippen molar-refractivity contribution < 1.29 is 4.79 Å². The minimum Gasteiger partial charge on any atom is -0.294 e. The van der Waals surface area contributed by atoms with Gasteiger partial charge in [0, 0.05) is 5.92 Å². The van der Waals surface area contributed by atoms with Crippen LogP contribution in [0, 0.1) is 5.92 Å². The number of hydrogen-bond acceptors (Lipinski definition) is 1. The maximum Gasteiger partial charge on any atom is 0.161 e. The normalized spacial score (nSPS) is 13.1. The molecule has 0 rings (SSSR count). The molecule has 0 aliphatic rings. The lowest BCUT2D eigenvalue weighted by molar-refractivity contribution is -0.116. The summed E-state index contributed by atoms with van der Waals surface area (Å²) in [5, 5.41) is 0. The topological polar surface area (TPSA) is 17.1 Å². The lowest BCUT2D eigenvalue weighted by Gasteiger charge is -2.00. The lowest BCUT2D eigenvalue weighted by Crippen LogP contribution is -2.04. The molecule has 0 fully saturated rings. The first-order valence-electron chi connectivity index (χ1n) is 3.89. The van der Waals surface area contributed by atoms with Crippen molar-refractivity contribution in [3.05, 3.63) is 23.8 Å². The molecule has 62 valence electrons. The number of carbonyl (C=O) groups is 1. The lowest BCUT2D eigenvalue weighted by atomic mass is 10.0. The van der Waals surface area contributed by atoms with Crippen molar-refractivity contribution in [2.24, 2.45) is 5.92 Å². The van der Waals surface area contributed by atoms with E-state index in [1.54, 1.807) is 12.2 Å². The highest BCUT2D eigenvalue weighted by Gasteiger charge is 2.04. The molecule has 1 heteroatoms. The molecule has 11 heavy (non-hydrogen) atoms. The second kappa shape index (κ2) is 4.89. The van der Waals surface area contributed by atoms with E-state index in [9.17, 15) is 4.79 Å². The van der Waals surface area contributed by atoms with Gasteiger partial charge in [-0.05, 0) is 26.8 Å². The van der Waals surface area contributed by atoms with Crippen molar-refractivity contribution in [3.8, 4) is 0 Å². The Morgan fingerprint density at radius 3 is 2.27 bits per heavy atom. The van der Waals surface area contributed by atoms with E-state index in [0.29, 0.717) is 0 Å². The van der Waals surface area contributed by atoms with E-state index < -0.39 is 0 Å². The Kier molecular flexibility index (Phi) is 4.51. The van der Waals surface area contributed by atoms with Gasteiger partial charge in [0.1, 0.15) is 0 Å². The Bertz CT molecular complexity index is 183. The van der Waals surface area contributed by atoms with Gasteiger partial charge >= 0.3 is 0 Å². The second-order valence-electron chi connectivity index (χ2n) is 2.94. The number of hydrogen-bond donors (Lipinski definition) is 0. The summed E-state index contributed by atoms with van der Waals surface area (Å²) in [5.41, 5.74) is 1.19. The number of allylic oxidation sites excluding steroid dienone is 4. The van der Waals surface area contributed by atoms with Crippen LogP contribution in [0.4, 0.5) is 0 Å². The molecule has 0 N–H and O–H groups in total. The Labute approximate surface area is 68.8 Å². The van der Waals surface area contributed by atoms with E-state index in [1.807, 2.05) is 33.8 Å². The summed E-state index contributed by atoms with van der Waals surface area (Å²) in [6, 6.07) is 0. The van der Waals surface area contributed by atoms with Crippen LogP contribution in [-0.2, 0) is 4.79 Å². The van der Waals surface area contributed by atoms with Gasteiger partial charge in [-0.25, -0.2) is 0 Å². The van der Waals surface area contributed by atoms with Crippen molar-refractivity contribution in [2.75, 3.05) is 0 Å². The molecule has 1 nitrogen and oxygen atoms in total. The van der Waals surface area contributed by atoms with Crippen LogP contribution in [0.25, 0.3) is 0 Å². The van der Waals surface area contributed by atoms with Crippen LogP contribution in [-0.4, -0.2) is 5.78 Å². The maximum absolute atomic E-state index is 11.1. The monoisotopic (exact) mass is 152 g/mol. The fraction of sp³-hybridized carbons (Fsp3) is 0.500. The molecule has 0 aromatic rings. The summed E-state index contributed by atoms with van der Waals surface area (Å²) in [7, 11) is 0. The zero-order valence-electron chi connectivity index (χ0n) is 7.72. The average molecular weight is 152 g/mol. The Balaban J connectivity index is 4.14. The highest BCUT2D eigenvalue weighted by molar-refractivity contribution is 5.92. The fourth-order valence-corrected chi connectivity index (χ4v) is 0.898. The third kappa shape index (κ3) is 4.54. The van der Waals surface area contributed by atoms with E-state index in [4.69, 9.17) is 0 Å². The minimum absolute atomic E-state index is 0.0243. The second-order valence-corrected chi connectivity index (χ2v) is 2.94. The van der Waals surface area contributed by atoms with Crippen LogP contribution in [0.1, 0.15) is 27.7 Å². The van der Waals surface area contributed by atoms with Gasteiger partial charge in [-0.3, -0.25) is 4.79 Å². The number of rotatable bonds is 3. The fourth-order valence-electron chi connectivity index (χ4n) is 0.898.